The highest BCUT2D eigenvalue weighted by Gasteiger charge is 2.34. The number of fused-ring (bicyclic) bond motifs is 2. The maximum atomic E-state index is 13.0. The molecule has 0 aliphatic carbocycles. The second kappa shape index (κ2) is 7.50. The minimum Gasteiger partial charge on any atom is -0.471 e. The van der Waals surface area contributed by atoms with Gasteiger partial charge in [0, 0.05) is 29.9 Å². The van der Waals surface area contributed by atoms with E-state index in [0.29, 0.717) is 36.5 Å². The van der Waals surface area contributed by atoms with Crippen LogP contribution in [0.15, 0.2) is 59.5 Å². The zero-order valence-corrected chi connectivity index (χ0v) is 17.4. The lowest BCUT2D eigenvalue weighted by Crippen LogP contribution is -2.56. The molecule has 7 nitrogen and oxygen atoms in total. The largest absolute Gasteiger partial charge is 0.471 e. The first kappa shape index (κ1) is 19.2. The van der Waals surface area contributed by atoms with Crippen molar-refractivity contribution in [1.82, 2.24) is 19.4 Å². The van der Waals surface area contributed by atoms with Crippen molar-refractivity contribution in [2.75, 3.05) is 13.1 Å². The molecule has 1 aliphatic heterocycles. The van der Waals surface area contributed by atoms with Gasteiger partial charge in [-0.15, -0.1) is 0 Å². The Kier molecular flexibility index (Phi) is 4.66. The Morgan fingerprint density at radius 3 is 2.71 bits per heavy atom. The fraction of sp³-hybridized carbons (Fsp3) is 0.250. The van der Waals surface area contributed by atoms with E-state index in [2.05, 4.69) is 9.97 Å². The average Bonchev–Trinajstić information content (AvgIpc) is 2.75. The number of nitrogens with zero attached hydrogens (tertiary/aromatic N) is 4. The lowest BCUT2D eigenvalue weighted by Gasteiger charge is -2.38. The summed E-state index contributed by atoms with van der Waals surface area (Å²) in [4.78, 5) is 36.6. The number of rotatable bonds is 4. The summed E-state index contributed by atoms with van der Waals surface area (Å²) < 4.78 is 7.79. The van der Waals surface area contributed by atoms with Gasteiger partial charge in [0.2, 0.25) is 11.3 Å². The summed E-state index contributed by atoms with van der Waals surface area (Å²) in [6.07, 6.45) is 1.48. The molecule has 0 N–H and O–H groups in total. The molecule has 1 saturated heterocycles. The number of para-hydroxylation sites is 1. The van der Waals surface area contributed by atoms with Gasteiger partial charge in [-0.3, -0.25) is 9.59 Å². The second-order valence-corrected chi connectivity index (χ2v) is 7.77. The van der Waals surface area contributed by atoms with Crippen LogP contribution in [0.5, 0.6) is 5.88 Å². The molecular formula is C24H22N4O3. The standard InChI is InChI=1S/C24H22N4O3/c1-3-27-14-19(22(29)18-10-8-15(2)25-23(18)27)24(30)28-12-17(13-28)31-21-11-9-16-6-4-5-7-20(16)26-21/h4-11,14,17H,3,12-13H2,1-2H3. The Hall–Kier alpha value is -3.74. The van der Waals surface area contributed by atoms with Gasteiger partial charge in [0.15, 0.2) is 0 Å². The molecule has 156 valence electrons. The predicted molar refractivity (Wildman–Crippen MR) is 118 cm³/mol. The van der Waals surface area contributed by atoms with Crippen molar-refractivity contribution in [1.29, 1.82) is 0 Å². The Morgan fingerprint density at radius 1 is 1.10 bits per heavy atom. The van der Waals surface area contributed by atoms with Crippen molar-refractivity contribution in [2.24, 2.45) is 0 Å². The van der Waals surface area contributed by atoms with Gasteiger partial charge in [0.05, 0.1) is 24.0 Å². The molecule has 0 atom stereocenters. The lowest BCUT2D eigenvalue weighted by atomic mass is 10.1. The van der Waals surface area contributed by atoms with Crippen LogP contribution in [-0.2, 0) is 6.54 Å². The summed E-state index contributed by atoms with van der Waals surface area (Å²) in [5.41, 5.74) is 2.20. The number of carbonyl (C=O) groups is 1. The molecule has 1 aliphatic rings. The number of aromatic nitrogens is 3. The third-order valence-corrected chi connectivity index (χ3v) is 5.63. The molecule has 4 heterocycles. The van der Waals surface area contributed by atoms with Crippen molar-refractivity contribution in [3.63, 3.8) is 0 Å². The van der Waals surface area contributed by atoms with Gasteiger partial charge >= 0.3 is 0 Å². The van der Waals surface area contributed by atoms with E-state index in [1.165, 1.54) is 0 Å². The van der Waals surface area contributed by atoms with Gasteiger partial charge in [0.1, 0.15) is 17.3 Å². The van der Waals surface area contributed by atoms with E-state index in [1.807, 2.05) is 54.8 Å². The van der Waals surface area contributed by atoms with Crippen molar-refractivity contribution in [3.8, 4) is 5.88 Å². The van der Waals surface area contributed by atoms with E-state index in [0.717, 1.165) is 16.6 Å². The minimum atomic E-state index is -0.280. The van der Waals surface area contributed by atoms with Crippen LogP contribution in [0, 0.1) is 6.92 Å². The first-order valence-corrected chi connectivity index (χ1v) is 10.4. The topological polar surface area (TPSA) is 77.3 Å². The smallest absolute Gasteiger partial charge is 0.259 e. The Labute approximate surface area is 178 Å². The summed E-state index contributed by atoms with van der Waals surface area (Å²) in [6, 6.07) is 15.2. The molecule has 1 amide bonds. The van der Waals surface area contributed by atoms with E-state index in [9.17, 15) is 9.59 Å². The zero-order valence-electron chi connectivity index (χ0n) is 17.4. The number of amides is 1. The molecule has 0 saturated carbocycles. The van der Waals surface area contributed by atoms with E-state index >= 15 is 0 Å². The number of hydrogen-bond donors (Lipinski definition) is 0. The number of hydrogen-bond acceptors (Lipinski definition) is 5. The third kappa shape index (κ3) is 3.42. The van der Waals surface area contributed by atoms with Crippen LogP contribution in [0.25, 0.3) is 21.9 Å². The van der Waals surface area contributed by atoms with Gasteiger partial charge in [-0.25, -0.2) is 9.97 Å². The van der Waals surface area contributed by atoms with Crippen molar-refractivity contribution >= 4 is 27.8 Å². The number of carbonyl (C=O) groups excluding carboxylic acids is 1. The molecule has 1 aromatic carbocycles. The quantitative estimate of drug-likeness (QED) is 0.513. The van der Waals surface area contributed by atoms with Crippen molar-refractivity contribution in [3.05, 3.63) is 76.2 Å². The molecule has 0 radical (unpaired) electrons. The predicted octanol–water partition coefficient (Wildman–Crippen LogP) is 3.18. The molecular weight excluding hydrogens is 392 g/mol. The third-order valence-electron chi connectivity index (χ3n) is 5.63. The van der Waals surface area contributed by atoms with Gasteiger partial charge < -0.3 is 14.2 Å². The Bertz CT molecular complexity index is 1370. The maximum Gasteiger partial charge on any atom is 0.259 e. The normalized spacial score (nSPS) is 14.1. The van der Waals surface area contributed by atoms with Crippen LogP contribution in [-0.4, -0.2) is 44.5 Å². The maximum absolute atomic E-state index is 13.0. The van der Waals surface area contributed by atoms with Crippen molar-refractivity contribution in [2.45, 2.75) is 26.5 Å². The van der Waals surface area contributed by atoms with Gasteiger partial charge in [-0.2, -0.15) is 0 Å². The van der Waals surface area contributed by atoms with Gasteiger partial charge in [-0.1, -0.05) is 18.2 Å². The first-order chi connectivity index (χ1) is 15.0. The van der Waals surface area contributed by atoms with Crippen molar-refractivity contribution < 1.29 is 9.53 Å². The molecule has 4 aromatic rings. The molecule has 31 heavy (non-hydrogen) atoms. The minimum absolute atomic E-state index is 0.143. The zero-order chi connectivity index (χ0) is 21.5. The van der Waals surface area contributed by atoms with Crippen LogP contribution >= 0.6 is 0 Å². The highest BCUT2D eigenvalue weighted by atomic mass is 16.5. The van der Waals surface area contributed by atoms with Crippen LogP contribution < -0.4 is 10.2 Å². The van der Waals surface area contributed by atoms with Crippen LogP contribution in [0.1, 0.15) is 23.0 Å². The number of pyridine rings is 3. The molecule has 7 heteroatoms. The molecule has 3 aromatic heterocycles. The van der Waals surface area contributed by atoms with Crippen LogP contribution in [0.4, 0.5) is 0 Å². The number of aryl methyl sites for hydroxylation is 2. The molecule has 1 fully saturated rings. The summed E-state index contributed by atoms with van der Waals surface area (Å²) in [6.45, 7) is 5.30. The molecule has 0 unspecified atom stereocenters. The molecule has 0 spiro atoms. The summed E-state index contributed by atoms with van der Waals surface area (Å²) in [5, 5.41) is 1.51. The molecule has 0 bridgehead atoms. The highest BCUT2D eigenvalue weighted by molar-refractivity contribution is 5.97. The van der Waals surface area contributed by atoms with E-state index < -0.39 is 0 Å². The summed E-state index contributed by atoms with van der Waals surface area (Å²) >= 11 is 0. The first-order valence-electron chi connectivity index (χ1n) is 10.4. The van der Waals surface area contributed by atoms with E-state index in [-0.39, 0.29) is 23.0 Å². The van der Waals surface area contributed by atoms with Crippen LogP contribution in [0.2, 0.25) is 0 Å². The van der Waals surface area contributed by atoms with E-state index in [1.54, 1.807) is 23.2 Å². The fourth-order valence-electron chi connectivity index (χ4n) is 3.89. The lowest BCUT2D eigenvalue weighted by molar-refractivity contribution is 0.0160. The number of ether oxygens (including phenoxy) is 1. The Morgan fingerprint density at radius 2 is 1.90 bits per heavy atom. The highest BCUT2D eigenvalue weighted by Crippen LogP contribution is 2.21. The SMILES string of the molecule is CCn1cc(C(=O)N2CC(Oc3ccc4ccccc4n3)C2)c(=O)c2ccc(C)nc21. The summed E-state index contributed by atoms with van der Waals surface area (Å²) in [5.74, 6) is 0.261. The average molecular weight is 414 g/mol. The molecule has 5 rings (SSSR count). The second-order valence-electron chi connectivity index (χ2n) is 7.77. The monoisotopic (exact) mass is 414 g/mol. The Balaban J connectivity index is 1.34. The fourth-order valence-corrected chi connectivity index (χ4v) is 3.89. The number of benzene rings is 1. The van der Waals surface area contributed by atoms with Gasteiger partial charge in [0.25, 0.3) is 5.91 Å². The number of likely N-dealkylation sites (tertiary alicyclic amines) is 1. The van der Waals surface area contributed by atoms with Crippen LogP contribution in [0.3, 0.4) is 0 Å². The summed E-state index contributed by atoms with van der Waals surface area (Å²) in [7, 11) is 0. The van der Waals surface area contributed by atoms with E-state index in [4.69, 9.17) is 4.74 Å². The van der Waals surface area contributed by atoms with Gasteiger partial charge in [-0.05, 0) is 38.1 Å².